The summed E-state index contributed by atoms with van der Waals surface area (Å²) in [5.74, 6) is -0.642. The van der Waals surface area contributed by atoms with Gasteiger partial charge in [0.15, 0.2) is 6.10 Å². The molecule has 0 heterocycles. The fourth-order valence-electron chi connectivity index (χ4n) is 2.21. The Bertz CT molecular complexity index is 898. The van der Waals surface area contributed by atoms with Crippen molar-refractivity contribution in [3.8, 4) is 5.75 Å². The minimum absolute atomic E-state index is 0.0353. The topological polar surface area (TPSA) is 111 Å². The summed E-state index contributed by atoms with van der Waals surface area (Å²) < 4.78 is 36.3. The van der Waals surface area contributed by atoms with Crippen molar-refractivity contribution in [1.82, 2.24) is 10.0 Å². The fraction of sp³-hybridized carbons (Fsp3) is 0.263. The molecule has 0 aromatic heterocycles. The summed E-state index contributed by atoms with van der Waals surface area (Å²) >= 11 is 0. The third kappa shape index (κ3) is 6.36. The SMILES string of the molecule is COc1ccc(CNC(=O)[C@H](C)OC(=O)CNS(=O)(=O)c2ccccc2)cc1. The quantitative estimate of drug-likeness (QED) is 0.606. The first-order valence-electron chi connectivity index (χ1n) is 8.46. The molecule has 2 aromatic rings. The van der Waals surface area contributed by atoms with E-state index in [-0.39, 0.29) is 11.4 Å². The average Bonchev–Trinajstić information content (AvgIpc) is 2.71. The molecule has 0 aliphatic heterocycles. The summed E-state index contributed by atoms with van der Waals surface area (Å²) in [4.78, 5) is 23.9. The van der Waals surface area contributed by atoms with Crippen LogP contribution in [-0.4, -0.2) is 40.1 Å². The van der Waals surface area contributed by atoms with Crippen LogP contribution in [-0.2, 0) is 30.9 Å². The standard InChI is InChI=1S/C19H22N2O6S/c1-14(19(23)20-12-15-8-10-16(26-2)11-9-15)27-18(22)13-21-28(24,25)17-6-4-3-5-7-17/h3-11,14,21H,12-13H2,1-2H3,(H,20,23)/t14-/m0/s1. The maximum absolute atomic E-state index is 12.1. The lowest BCUT2D eigenvalue weighted by Gasteiger charge is -2.14. The Balaban J connectivity index is 1.78. The van der Waals surface area contributed by atoms with Crippen LogP contribution < -0.4 is 14.8 Å². The minimum Gasteiger partial charge on any atom is -0.497 e. The first-order chi connectivity index (χ1) is 13.3. The molecule has 0 unspecified atom stereocenters. The fourth-order valence-corrected chi connectivity index (χ4v) is 3.20. The highest BCUT2D eigenvalue weighted by atomic mass is 32.2. The van der Waals surface area contributed by atoms with E-state index in [4.69, 9.17) is 9.47 Å². The minimum atomic E-state index is -3.83. The van der Waals surface area contributed by atoms with Gasteiger partial charge < -0.3 is 14.8 Å². The molecular weight excluding hydrogens is 384 g/mol. The molecule has 0 fully saturated rings. The molecule has 0 saturated heterocycles. The summed E-state index contributed by atoms with van der Waals surface area (Å²) in [5, 5.41) is 2.64. The normalized spacial score (nSPS) is 12.1. The molecule has 0 saturated carbocycles. The van der Waals surface area contributed by atoms with Gasteiger partial charge in [0.25, 0.3) is 5.91 Å². The van der Waals surface area contributed by atoms with Crippen molar-refractivity contribution in [3.63, 3.8) is 0 Å². The predicted molar refractivity (Wildman–Crippen MR) is 102 cm³/mol. The number of methoxy groups -OCH3 is 1. The zero-order valence-corrected chi connectivity index (χ0v) is 16.4. The monoisotopic (exact) mass is 406 g/mol. The highest BCUT2D eigenvalue weighted by Gasteiger charge is 2.20. The van der Waals surface area contributed by atoms with Crippen LogP contribution in [0.1, 0.15) is 12.5 Å². The predicted octanol–water partition coefficient (Wildman–Crippen LogP) is 1.22. The van der Waals surface area contributed by atoms with Gasteiger partial charge in [-0.2, -0.15) is 4.72 Å². The summed E-state index contributed by atoms with van der Waals surface area (Å²) in [6.45, 7) is 1.09. The number of carbonyl (C=O) groups is 2. The lowest BCUT2D eigenvalue weighted by molar-refractivity contribution is -0.153. The van der Waals surface area contributed by atoms with Crippen LogP contribution in [0, 0.1) is 0 Å². The van der Waals surface area contributed by atoms with Crippen molar-refractivity contribution < 1.29 is 27.5 Å². The molecule has 28 heavy (non-hydrogen) atoms. The third-order valence-corrected chi connectivity index (χ3v) is 5.18. The molecule has 0 spiro atoms. The highest BCUT2D eigenvalue weighted by molar-refractivity contribution is 7.89. The second-order valence-electron chi connectivity index (χ2n) is 5.84. The second-order valence-corrected chi connectivity index (χ2v) is 7.60. The molecule has 0 radical (unpaired) electrons. The lowest BCUT2D eigenvalue weighted by Crippen LogP contribution is -2.38. The number of amides is 1. The van der Waals surface area contributed by atoms with Gasteiger partial charge in [-0.05, 0) is 36.8 Å². The van der Waals surface area contributed by atoms with Gasteiger partial charge >= 0.3 is 5.97 Å². The van der Waals surface area contributed by atoms with Gasteiger partial charge in [-0.1, -0.05) is 30.3 Å². The van der Waals surface area contributed by atoms with E-state index in [1.165, 1.54) is 19.1 Å². The van der Waals surface area contributed by atoms with Crippen molar-refractivity contribution in [2.24, 2.45) is 0 Å². The molecule has 150 valence electrons. The van der Waals surface area contributed by atoms with Gasteiger partial charge in [0, 0.05) is 6.54 Å². The number of hydrogen-bond acceptors (Lipinski definition) is 6. The van der Waals surface area contributed by atoms with Crippen LogP contribution in [0.4, 0.5) is 0 Å². The number of sulfonamides is 1. The van der Waals surface area contributed by atoms with E-state index in [0.717, 1.165) is 5.56 Å². The Morgan fingerprint density at radius 2 is 1.68 bits per heavy atom. The molecule has 2 aromatic carbocycles. The Morgan fingerprint density at radius 3 is 2.29 bits per heavy atom. The molecule has 1 amide bonds. The van der Waals surface area contributed by atoms with Crippen LogP contribution >= 0.6 is 0 Å². The second kappa shape index (κ2) is 9.86. The zero-order chi connectivity index (χ0) is 20.6. The number of ether oxygens (including phenoxy) is 2. The Kier molecular flexibility index (Phi) is 7.53. The van der Waals surface area contributed by atoms with Crippen molar-refractivity contribution in [1.29, 1.82) is 0 Å². The van der Waals surface area contributed by atoms with Gasteiger partial charge in [-0.3, -0.25) is 9.59 Å². The highest BCUT2D eigenvalue weighted by Crippen LogP contribution is 2.11. The average molecular weight is 406 g/mol. The number of rotatable bonds is 9. The van der Waals surface area contributed by atoms with Crippen molar-refractivity contribution in [2.45, 2.75) is 24.5 Å². The van der Waals surface area contributed by atoms with E-state index in [1.54, 1.807) is 49.6 Å². The van der Waals surface area contributed by atoms with Crippen molar-refractivity contribution in [2.75, 3.05) is 13.7 Å². The first-order valence-corrected chi connectivity index (χ1v) is 9.95. The van der Waals surface area contributed by atoms with Gasteiger partial charge in [0.05, 0.1) is 12.0 Å². The van der Waals surface area contributed by atoms with Crippen LogP contribution in [0.15, 0.2) is 59.5 Å². The number of hydrogen-bond donors (Lipinski definition) is 2. The third-order valence-electron chi connectivity index (χ3n) is 3.76. The van der Waals surface area contributed by atoms with Gasteiger partial charge in [0.2, 0.25) is 10.0 Å². The maximum Gasteiger partial charge on any atom is 0.321 e. The number of esters is 1. The first kappa shape index (κ1) is 21.4. The van der Waals surface area contributed by atoms with Crippen LogP contribution in [0.2, 0.25) is 0 Å². The molecule has 0 bridgehead atoms. The van der Waals surface area contributed by atoms with E-state index in [0.29, 0.717) is 5.75 Å². The van der Waals surface area contributed by atoms with Gasteiger partial charge in [-0.15, -0.1) is 0 Å². The molecular formula is C19H22N2O6S. The number of benzene rings is 2. The Labute approximate surface area is 163 Å². The zero-order valence-electron chi connectivity index (χ0n) is 15.5. The Hall–Kier alpha value is -2.91. The van der Waals surface area contributed by atoms with Crippen molar-refractivity contribution in [3.05, 3.63) is 60.2 Å². The number of carbonyl (C=O) groups excluding carboxylic acids is 2. The largest absolute Gasteiger partial charge is 0.497 e. The van der Waals surface area contributed by atoms with Crippen LogP contribution in [0.3, 0.4) is 0 Å². The molecule has 2 N–H and O–H groups in total. The lowest BCUT2D eigenvalue weighted by atomic mass is 10.2. The smallest absolute Gasteiger partial charge is 0.321 e. The maximum atomic E-state index is 12.1. The molecule has 8 nitrogen and oxygen atoms in total. The molecule has 1 atom stereocenters. The summed E-state index contributed by atoms with van der Waals surface area (Å²) in [6.07, 6.45) is -1.06. The summed E-state index contributed by atoms with van der Waals surface area (Å²) in [7, 11) is -2.26. The molecule has 2 rings (SSSR count). The van der Waals surface area contributed by atoms with E-state index in [2.05, 4.69) is 10.0 Å². The summed E-state index contributed by atoms with van der Waals surface area (Å²) in [5.41, 5.74) is 0.850. The molecule has 0 aliphatic carbocycles. The van der Waals surface area contributed by atoms with Crippen molar-refractivity contribution >= 4 is 21.9 Å². The van der Waals surface area contributed by atoms with Crippen LogP contribution in [0.5, 0.6) is 5.75 Å². The van der Waals surface area contributed by atoms with E-state index in [1.807, 2.05) is 0 Å². The summed E-state index contributed by atoms with van der Waals surface area (Å²) in [6, 6.07) is 14.8. The molecule has 9 heteroatoms. The van der Waals surface area contributed by atoms with E-state index in [9.17, 15) is 18.0 Å². The van der Waals surface area contributed by atoms with Gasteiger partial charge in [0.1, 0.15) is 12.3 Å². The molecule has 0 aliphatic rings. The van der Waals surface area contributed by atoms with Crippen LogP contribution in [0.25, 0.3) is 0 Å². The van der Waals surface area contributed by atoms with E-state index >= 15 is 0 Å². The Morgan fingerprint density at radius 1 is 1.04 bits per heavy atom. The number of nitrogens with one attached hydrogen (secondary N) is 2. The van der Waals surface area contributed by atoms with Gasteiger partial charge in [-0.25, -0.2) is 8.42 Å². The van der Waals surface area contributed by atoms with E-state index < -0.39 is 34.5 Å².